The largest absolute Gasteiger partial charge is 0.485 e. The fourth-order valence-electron chi connectivity index (χ4n) is 3.85. The summed E-state index contributed by atoms with van der Waals surface area (Å²) in [6, 6.07) is 8.11. The SMILES string of the molecule is CC1CC2CNCC2N1C(=O)C1COc2ccccc2O1. The third-order valence-electron chi connectivity index (χ3n) is 4.82. The molecule has 1 amide bonds. The lowest BCUT2D eigenvalue weighted by molar-refractivity contribution is -0.143. The third-order valence-corrected chi connectivity index (χ3v) is 4.82. The van der Waals surface area contributed by atoms with Crippen LogP contribution in [-0.4, -0.2) is 48.7 Å². The summed E-state index contributed by atoms with van der Waals surface area (Å²) in [5.74, 6) is 2.03. The summed E-state index contributed by atoms with van der Waals surface area (Å²) in [7, 11) is 0. The van der Waals surface area contributed by atoms with Crippen molar-refractivity contribution in [1.82, 2.24) is 10.2 Å². The van der Waals surface area contributed by atoms with E-state index in [0.29, 0.717) is 24.3 Å². The number of hydrogen-bond acceptors (Lipinski definition) is 4. The molecule has 1 aromatic rings. The Bertz CT molecular complexity index is 562. The Kier molecular flexibility index (Phi) is 3.03. The van der Waals surface area contributed by atoms with Gasteiger partial charge < -0.3 is 19.7 Å². The van der Waals surface area contributed by atoms with E-state index in [1.165, 1.54) is 0 Å². The molecule has 0 aliphatic carbocycles. The number of nitrogens with one attached hydrogen (secondary N) is 1. The van der Waals surface area contributed by atoms with Crippen LogP contribution in [-0.2, 0) is 4.79 Å². The number of carbonyl (C=O) groups is 1. The molecule has 0 saturated carbocycles. The van der Waals surface area contributed by atoms with E-state index in [1.807, 2.05) is 29.2 Å². The Balaban J connectivity index is 1.53. The second-order valence-electron chi connectivity index (χ2n) is 6.18. The predicted molar refractivity (Wildman–Crippen MR) is 77.4 cm³/mol. The van der Waals surface area contributed by atoms with E-state index >= 15 is 0 Å². The number of fused-ring (bicyclic) bond motifs is 2. The van der Waals surface area contributed by atoms with E-state index in [2.05, 4.69) is 12.2 Å². The molecular weight excluding hydrogens is 268 g/mol. The average molecular weight is 288 g/mol. The molecule has 5 heteroatoms. The Morgan fingerprint density at radius 1 is 1.29 bits per heavy atom. The minimum Gasteiger partial charge on any atom is -0.485 e. The fourth-order valence-corrected chi connectivity index (χ4v) is 3.85. The summed E-state index contributed by atoms with van der Waals surface area (Å²) in [6.07, 6.45) is 0.551. The van der Waals surface area contributed by atoms with Gasteiger partial charge in [0.1, 0.15) is 6.61 Å². The van der Waals surface area contributed by atoms with E-state index in [-0.39, 0.29) is 11.9 Å². The number of benzene rings is 1. The number of rotatable bonds is 1. The number of para-hydroxylation sites is 2. The Labute approximate surface area is 124 Å². The second-order valence-corrected chi connectivity index (χ2v) is 6.18. The van der Waals surface area contributed by atoms with E-state index in [1.54, 1.807) is 0 Å². The van der Waals surface area contributed by atoms with Crippen molar-refractivity contribution < 1.29 is 14.3 Å². The van der Waals surface area contributed by atoms with Crippen LogP contribution in [0.5, 0.6) is 11.5 Å². The molecule has 0 radical (unpaired) electrons. The first-order chi connectivity index (χ1) is 10.2. The smallest absolute Gasteiger partial charge is 0.267 e. The van der Waals surface area contributed by atoms with Crippen molar-refractivity contribution >= 4 is 5.91 Å². The van der Waals surface area contributed by atoms with Gasteiger partial charge in [-0.25, -0.2) is 0 Å². The second kappa shape index (κ2) is 4.91. The van der Waals surface area contributed by atoms with Gasteiger partial charge in [0.25, 0.3) is 5.91 Å². The molecule has 3 aliphatic rings. The Morgan fingerprint density at radius 2 is 2.10 bits per heavy atom. The van der Waals surface area contributed by atoms with Gasteiger partial charge in [0.2, 0.25) is 6.10 Å². The summed E-state index contributed by atoms with van der Waals surface area (Å²) in [5.41, 5.74) is 0. The monoisotopic (exact) mass is 288 g/mol. The highest BCUT2D eigenvalue weighted by Crippen LogP contribution is 2.35. The van der Waals surface area contributed by atoms with Crippen LogP contribution in [0, 0.1) is 5.92 Å². The molecule has 4 rings (SSSR count). The van der Waals surface area contributed by atoms with Crippen LogP contribution in [0.3, 0.4) is 0 Å². The fraction of sp³-hybridized carbons (Fsp3) is 0.562. The highest BCUT2D eigenvalue weighted by atomic mass is 16.6. The number of likely N-dealkylation sites (tertiary alicyclic amines) is 1. The van der Waals surface area contributed by atoms with Gasteiger partial charge in [-0.3, -0.25) is 4.79 Å². The summed E-state index contributed by atoms with van der Waals surface area (Å²) in [6.45, 7) is 4.34. The first kappa shape index (κ1) is 13.0. The van der Waals surface area contributed by atoms with Crippen LogP contribution in [0.2, 0.25) is 0 Å². The quantitative estimate of drug-likeness (QED) is 0.839. The summed E-state index contributed by atoms with van der Waals surface area (Å²) < 4.78 is 11.5. The van der Waals surface area contributed by atoms with Gasteiger partial charge in [0.15, 0.2) is 11.5 Å². The highest BCUT2D eigenvalue weighted by Gasteiger charge is 2.46. The zero-order chi connectivity index (χ0) is 14.4. The van der Waals surface area contributed by atoms with Crippen molar-refractivity contribution in [3.05, 3.63) is 24.3 Å². The van der Waals surface area contributed by atoms with Crippen molar-refractivity contribution in [3.8, 4) is 11.5 Å². The van der Waals surface area contributed by atoms with Gasteiger partial charge >= 0.3 is 0 Å². The van der Waals surface area contributed by atoms with E-state index in [4.69, 9.17) is 9.47 Å². The van der Waals surface area contributed by atoms with Crippen molar-refractivity contribution in [2.45, 2.75) is 31.5 Å². The Hall–Kier alpha value is -1.75. The first-order valence-electron chi connectivity index (χ1n) is 7.65. The van der Waals surface area contributed by atoms with Crippen molar-refractivity contribution in [2.24, 2.45) is 5.92 Å². The molecule has 2 fully saturated rings. The highest BCUT2D eigenvalue weighted by molar-refractivity contribution is 5.83. The van der Waals surface area contributed by atoms with E-state index in [9.17, 15) is 4.79 Å². The van der Waals surface area contributed by atoms with E-state index in [0.717, 1.165) is 25.3 Å². The zero-order valence-electron chi connectivity index (χ0n) is 12.1. The summed E-state index contributed by atoms with van der Waals surface area (Å²) in [5, 5.41) is 3.38. The van der Waals surface area contributed by atoms with Gasteiger partial charge in [-0.1, -0.05) is 12.1 Å². The van der Waals surface area contributed by atoms with Crippen molar-refractivity contribution in [1.29, 1.82) is 0 Å². The lowest BCUT2D eigenvalue weighted by Crippen LogP contribution is -2.51. The van der Waals surface area contributed by atoms with Gasteiger partial charge in [-0.15, -0.1) is 0 Å². The Morgan fingerprint density at radius 3 is 2.95 bits per heavy atom. The third kappa shape index (κ3) is 2.07. The van der Waals surface area contributed by atoms with Gasteiger partial charge in [-0.05, 0) is 31.4 Å². The average Bonchev–Trinajstić information content (AvgIpc) is 3.06. The van der Waals surface area contributed by atoms with E-state index < -0.39 is 6.10 Å². The maximum atomic E-state index is 12.9. The molecule has 21 heavy (non-hydrogen) atoms. The number of carbonyl (C=O) groups excluding carboxylic acids is 1. The number of amides is 1. The lowest BCUT2D eigenvalue weighted by Gasteiger charge is -2.33. The van der Waals surface area contributed by atoms with Gasteiger partial charge in [0.05, 0.1) is 0 Å². The molecule has 3 heterocycles. The topological polar surface area (TPSA) is 50.8 Å². The molecule has 4 atom stereocenters. The van der Waals surface area contributed by atoms with Crippen molar-refractivity contribution in [3.63, 3.8) is 0 Å². The number of ether oxygens (including phenoxy) is 2. The molecular formula is C16H20N2O3. The van der Waals surface area contributed by atoms with Crippen LogP contribution < -0.4 is 14.8 Å². The molecule has 5 nitrogen and oxygen atoms in total. The maximum absolute atomic E-state index is 12.9. The number of nitrogens with zero attached hydrogens (tertiary/aromatic N) is 1. The van der Waals surface area contributed by atoms with Crippen LogP contribution in [0.25, 0.3) is 0 Å². The standard InChI is InChI=1S/C16H20N2O3/c1-10-6-11-7-17-8-12(11)18(10)16(19)15-9-20-13-4-2-3-5-14(13)21-15/h2-5,10-12,15,17H,6-9H2,1H3. The molecule has 112 valence electrons. The van der Waals surface area contributed by atoms with Crippen LogP contribution in [0.4, 0.5) is 0 Å². The predicted octanol–water partition coefficient (Wildman–Crippen LogP) is 1.04. The molecule has 0 spiro atoms. The first-order valence-corrected chi connectivity index (χ1v) is 7.65. The molecule has 1 N–H and O–H groups in total. The molecule has 0 bridgehead atoms. The molecule has 2 saturated heterocycles. The van der Waals surface area contributed by atoms with Crippen molar-refractivity contribution in [2.75, 3.05) is 19.7 Å². The summed E-state index contributed by atoms with van der Waals surface area (Å²) in [4.78, 5) is 14.9. The maximum Gasteiger partial charge on any atom is 0.267 e. The van der Waals surface area contributed by atoms with Gasteiger partial charge in [-0.2, -0.15) is 0 Å². The molecule has 3 aliphatic heterocycles. The molecule has 4 unspecified atom stereocenters. The lowest BCUT2D eigenvalue weighted by atomic mass is 10.0. The molecule has 1 aromatic carbocycles. The zero-order valence-corrected chi connectivity index (χ0v) is 12.1. The molecule has 0 aromatic heterocycles. The van der Waals surface area contributed by atoms with Crippen LogP contribution in [0.15, 0.2) is 24.3 Å². The minimum absolute atomic E-state index is 0.0632. The summed E-state index contributed by atoms with van der Waals surface area (Å²) >= 11 is 0. The van der Waals surface area contributed by atoms with Gasteiger partial charge in [0, 0.05) is 25.2 Å². The minimum atomic E-state index is -0.526. The normalized spacial score (nSPS) is 33.9. The number of hydrogen-bond donors (Lipinski definition) is 1. The van der Waals surface area contributed by atoms with Crippen LogP contribution in [0.1, 0.15) is 13.3 Å². The van der Waals surface area contributed by atoms with Crippen LogP contribution >= 0.6 is 0 Å².